The minimum absolute atomic E-state index is 0.0788. The lowest BCUT2D eigenvalue weighted by Crippen LogP contribution is -2.34. The summed E-state index contributed by atoms with van der Waals surface area (Å²) >= 11 is 0. The van der Waals surface area contributed by atoms with E-state index < -0.39 is 17.8 Å². The van der Waals surface area contributed by atoms with Crippen molar-refractivity contribution in [1.82, 2.24) is 14.3 Å². The average molecular weight is 418 g/mol. The van der Waals surface area contributed by atoms with Crippen LogP contribution < -0.4 is 10.9 Å². The molecule has 0 radical (unpaired) electrons. The van der Waals surface area contributed by atoms with Gasteiger partial charge in [-0.1, -0.05) is 37.3 Å². The zero-order valence-corrected chi connectivity index (χ0v) is 17.6. The number of hydrogen-bond donors (Lipinski definition) is 1. The lowest BCUT2D eigenvalue weighted by Gasteiger charge is -2.21. The monoisotopic (exact) mass is 418 g/mol. The standard InChI is InChI=1S/C24H23FN4O2/c1-4-20(23(31)26-19-13-9-8-12-18(19)25)28-21(30)14-15(2)22-16(3)27-29(24(22)28)17-10-6-5-7-11-17/h5-14,20H,4H2,1-3H3,(H,26,31)/t20-/m0/s1. The first-order chi connectivity index (χ1) is 14.9. The molecule has 2 heterocycles. The van der Waals surface area contributed by atoms with Crippen LogP contribution in [0.15, 0.2) is 65.5 Å². The second-order valence-electron chi connectivity index (χ2n) is 7.46. The van der Waals surface area contributed by atoms with Gasteiger partial charge in [-0.25, -0.2) is 9.07 Å². The molecule has 7 heteroatoms. The van der Waals surface area contributed by atoms with Crippen LogP contribution in [0.3, 0.4) is 0 Å². The van der Waals surface area contributed by atoms with Gasteiger partial charge in [0, 0.05) is 11.5 Å². The smallest absolute Gasteiger partial charge is 0.253 e. The predicted octanol–water partition coefficient (Wildman–Crippen LogP) is 4.53. The number of halogens is 1. The highest BCUT2D eigenvalue weighted by Gasteiger charge is 2.26. The number of benzene rings is 2. The molecule has 0 aliphatic rings. The Hall–Kier alpha value is -3.74. The number of para-hydroxylation sites is 2. The summed E-state index contributed by atoms with van der Waals surface area (Å²) in [6, 6.07) is 16.1. The number of amides is 1. The van der Waals surface area contributed by atoms with Crippen molar-refractivity contribution in [2.24, 2.45) is 0 Å². The molecule has 0 saturated carbocycles. The van der Waals surface area contributed by atoms with Crippen LogP contribution in [0.1, 0.15) is 30.6 Å². The third-order valence-corrected chi connectivity index (χ3v) is 5.37. The van der Waals surface area contributed by atoms with Gasteiger partial charge in [0.1, 0.15) is 17.5 Å². The van der Waals surface area contributed by atoms with Crippen molar-refractivity contribution in [3.8, 4) is 5.69 Å². The molecule has 0 unspecified atom stereocenters. The van der Waals surface area contributed by atoms with Crippen LogP contribution in [0.2, 0.25) is 0 Å². The molecule has 0 spiro atoms. The number of carbonyl (C=O) groups is 1. The molecule has 4 aromatic rings. The van der Waals surface area contributed by atoms with Crippen molar-refractivity contribution in [3.05, 3.63) is 88.1 Å². The normalized spacial score (nSPS) is 12.1. The molecule has 0 bridgehead atoms. The van der Waals surface area contributed by atoms with E-state index in [4.69, 9.17) is 0 Å². The highest BCUT2D eigenvalue weighted by Crippen LogP contribution is 2.27. The summed E-state index contributed by atoms with van der Waals surface area (Å²) in [5.74, 6) is -0.990. The number of nitrogens with one attached hydrogen (secondary N) is 1. The van der Waals surface area contributed by atoms with Gasteiger partial charge in [0.05, 0.1) is 17.1 Å². The van der Waals surface area contributed by atoms with E-state index in [0.29, 0.717) is 12.1 Å². The summed E-state index contributed by atoms with van der Waals surface area (Å²) in [4.78, 5) is 26.3. The van der Waals surface area contributed by atoms with E-state index in [9.17, 15) is 14.0 Å². The summed E-state index contributed by atoms with van der Waals surface area (Å²) in [7, 11) is 0. The number of carbonyl (C=O) groups excluding carboxylic acids is 1. The van der Waals surface area contributed by atoms with Crippen LogP contribution in [0.5, 0.6) is 0 Å². The molecule has 6 nitrogen and oxygen atoms in total. The van der Waals surface area contributed by atoms with Crippen molar-refractivity contribution in [2.75, 3.05) is 5.32 Å². The number of aryl methyl sites for hydroxylation is 2. The van der Waals surface area contributed by atoms with Gasteiger partial charge in [-0.3, -0.25) is 14.2 Å². The van der Waals surface area contributed by atoms with Crippen LogP contribution in [-0.4, -0.2) is 20.3 Å². The van der Waals surface area contributed by atoms with E-state index in [0.717, 1.165) is 22.3 Å². The predicted molar refractivity (Wildman–Crippen MR) is 119 cm³/mol. The minimum Gasteiger partial charge on any atom is -0.322 e. The lowest BCUT2D eigenvalue weighted by atomic mass is 10.1. The zero-order valence-electron chi connectivity index (χ0n) is 17.6. The Bertz CT molecular complexity index is 1320. The molecular weight excluding hydrogens is 395 g/mol. The van der Waals surface area contributed by atoms with Gasteiger partial charge < -0.3 is 5.32 Å². The van der Waals surface area contributed by atoms with Crippen LogP contribution in [0.25, 0.3) is 16.7 Å². The van der Waals surface area contributed by atoms with E-state index in [-0.39, 0.29) is 11.2 Å². The molecule has 2 aromatic heterocycles. The van der Waals surface area contributed by atoms with Crippen LogP contribution in [0.4, 0.5) is 10.1 Å². The first-order valence-corrected chi connectivity index (χ1v) is 10.1. The molecule has 2 aromatic carbocycles. The fraction of sp³-hybridized carbons (Fsp3) is 0.208. The van der Waals surface area contributed by atoms with Crippen LogP contribution in [-0.2, 0) is 4.79 Å². The van der Waals surface area contributed by atoms with E-state index in [1.165, 1.54) is 22.8 Å². The van der Waals surface area contributed by atoms with Gasteiger partial charge in [0.2, 0.25) is 5.91 Å². The van der Waals surface area contributed by atoms with Gasteiger partial charge >= 0.3 is 0 Å². The lowest BCUT2D eigenvalue weighted by molar-refractivity contribution is -0.119. The number of hydrogen-bond acceptors (Lipinski definition) is 3. The Labute approximate surface area is 178 Å². The van der Waals surface area contributed by atoms with Gasteiger partial charge in [-0.15, -0.1) is 0 Å². The maximum Gasteiger partial charge on any atom is 0.253 e. The van der Waals surface area contributed by atoms with Gasteiger partial charge in [0.15, 0.2) is 0 Å². The number of nitrogens with zero attached hydrogens (tertiary/aromatic N) is 3. The maximum absolute atomic E-state index is 14.1. The fourth-order valence-corrected chi connectivity index (χ4v) is 3.94. The van der Waals surface area contributed by atoms with E-state index >= 15 is 0 Å². The first-order valence-electron chi connectivity index (χ1n) is 10.1. The Morgan fingerprint density at radius 3 is 2.45 bits per heavy atom. The minimum atomic E-state index is -0.839. The second-order valence-corrected chi connectivity index (χ2v) is 7.46. The van der Waals surface area contributed by atoms with Crippen LogP contribution in [0, 0.1) is 19.7 Å². The molecule has 1 N–H and O–H groups in total. The zero-order chi connectivity index (χ0) is 22.1. The van der Waals surface area contributed by atoms with Gasteiger partial charge in [-0.05, 0) is 50.1 Å². The van der Waals surface area contributed by atoms with E-state index in [1.807, 2.05) is 51.1 Å². The number of fused-ring (bicyclic) bond motifs is 1. The largest absolute Gasteiger partial charge is 0.322 e. The molecular formula is C24H23FN4O2. The molecule has 0 aliphatic heterocycles. The fourth-order valence-electron chi connectivity index (χ4n) is 3.94. The molecule has 1 atom stereocenters. The Balaban J connectivity index is 1.92. The van der Waals surface area contributed by atoms with Crippen molar-refractivity contribution in [1.29, 1.82) is 0 Å². The average Bonchev–Trinajstić information content (AvgIpc) is 3.10. The molecule has 1 amide bonds. The molecule has 4 rings (SSSR count). The molecule has 0 aliphatic carbocycles. The first kappa shape index (κ1) is 20.5. The molecule has 158 valence electrons. The Morgan fingerprint density at radius 2 is 1.77 bits per heavy atom. The van der Waals surface area contributed by atoms with Crippen LogP contribution >= 0.6 is 0 Å². The quantitative estimate of drug-likeness (QED) is 0.518. The van der Waals surface area contributed by atoms with E-state index in [1.54, 1.807) is 16.8 Å². The molecule has 31 heavy (non-hydrogen) atoms. The maximum atomic E-state index is 14.1. The SMILES string of the molecule is CC[C@@H](C(=O)Nc1ccccc1F)n1c(=O)cc(C)c2c(C)nn(-c3ccccc3)c21. The number of pyridine rings is 1. The van der Waals surface area contributed by atoms with Crippen molar-refractivity contribution < 1.29 is 9.18 Å². The van der Waals surface area contributed by atoms with E-state index in [2.05, 4.69) is 10.4 Å². The topological polar surface area (TPSA) is 68.9 Å². The van der Waals surface area contributed by atoms with Gasteiger partial charge in [-0.2, -0.15) is 5.10 Å². The summed E-state index contributed by atoms with van der Waals surface area (Å²) in [5.41, 5.74) is 2.65. The molecule has 0 saturated heterocycles. The summed E-state index contributed by atoms with van der Waals surface area (Å²) in [5, 5.41) is 8.11. The summed E-state index contributed by atoms with van der Waals surface area (Å²) in [6.45, 7) is 5.56. The Morgan fingerprint density at radius 1 is 1.10 bits per heavy atom. The van der Waals surface area contributed by atoms with Crippen molar-refractivity contribution in [2.45, 2.75) is 33.2 Å². The summed E-state index contributed by atoms with van der Waals surface area (Å²) in [6.07, 6.45) is 0.345. The number of aromatic nitrogens is 3. The number of rotatable bonds is 5. The Kier molecular flexibility index (Phi) is 5.42. The van der Waals surface area contributed by atoms with Crippen molar-refractivity contribution >= 4 is 22.6 Å². The third-order valence-electron chi connectivity index (χ3n) is 5.37. The number of anilines is 1. The summed E-state index contributed by atoms with van der Waals surface area (Å²) < 4.78 is 17.3. The van der Waals surface area contributed by atoms with Crippen molar-refractivity contribution in [3.63, 3.8) is 0 Å². The second kappa shape index (κ2) is 8.18. The highest BCUT2D eigenvalue weighted by molar-refractivity contribution is 5.95. The van der Waals surface area contributed by atoms with Gasteiger partial charge in [0.25, 0.3) is 5.56 Å². The third kappa shape index (κ3) is 3.63. The highest BCUT2D eigenvalue weighted by atomic mass is 19.1. The molecule has 0 fully saturated rings.